The van der Waals surface area contributed by atoms with E-state index in [-0.39, 0.29) is 5.56 Å². The second-order valence-electron chi connectivity index (χ2n) is 4.46. The molecule has 0 amide bonds. The van der Waals surface area contributed by atoms with Crippen LogP contribution in [-0.4, -0.2) is 29.1 Å². The van der Waals surface area contributed by atoms with Gasteiger partial charge in [0.15, 0.2) is 0 Å². The second-order valence-corrected chi connectivity index (χ2v) is 5.24. The molecule has 0 radical (unpaired) electrons. The van der Waals surface area contributed by atoms with Crippen molar-refractivity contribution in [1.82, 2.24) is 0 Å². The number of aliphatic hydroxyl groups is 1. The van der Waals surface area contributed by atoms with Crippen molar-refractivity contribution in [3.05, 3.63) is 22.4 Å². The molecule has 0 aliphatic heterocycles. The summed E-state index contributed by atoms with van der Waals surface area (Å²) in [4.78, 5) is 0. The molecule has 1 atom stereocenters. The summed E-state index contributed by atoms with van der Waals surface area (Å²) >= 11 is 1.05. The largest absolute Gasteiger partial charge is 0.460 e. The van der Waals surface area contributed by atoms with Crippen LogP contribution in [0.3, 0.4) is 0 Å². The van der Waals surface area contributed by atoms with Gasteiger partial charge < -0.3 is 5.11 Å². The number of rotatable bonds is 6. The van der Waals surface area contributed by atoms with E-state index in [1.54, 1.807) is 0 Å². The molecule has 11 heteroatoms. The minimum absolute atomic E-state index is 0.0756. The Morgan fingerprint density at radius 3 is 1.91 bits per heavy atom. The molecule has 0 spiro atoms. The zero-order valence-electron chi connectivity index (χ0n) is 10.5. The van der Waals surface area contributed by atoms with Crippen molar-refractivity contribution in [2.75, 3.05) is 0 Å². The summed E-state index contributed by atoms with van der Waals surface area (Å²) in [5.74, 6) is -19.2. The summed E-state index contributed by atoms with van der Waals surface area (Å²) < 4.78 is 113. The van der Waals surface area contributed by atoms with Gasteiger partial charge >= 0.3 is 23.9 Å². The number of aliphatic hydroxyl groups excluding tert-OH is 1. The predicted octanol–water partition coefficient (Wildman–Crippen LogP) is 5.03. The predicted molar refractivity (Wildman–Crippen MR) is 59.4 cm³/mol. The Balaban J connectivity index is 2.88. The molecule has 1 rings (SSSR count). The maximum atomic E-state index is 13.2. The fourth-order valence-corrected chi connectivity index (χ4v) is 2.22. The summed E-state index contributed by atoms with van der Waals surface area (Å²) in [6.45, 7) is 0. The quantitative estimate of drug-likeness (QED) is 0.706. The molecular weight excluding hydrogens is 351 g/mol. The number of thiophene rings is 1. The van der Waals surface area contributed by atoms with Gasteiger partial charge in [-0.15, -0.1) is 0 Å². The van der Waals surface area contributed by atoms with E-state index in [1.165, 1.54) is 16.8 Å². The van der Waals surface area contributed by atoms with Crippen LogP contribution in [-0.2, 0) is 0 Å². The summed E-state index contributed by atoms with van der Waals surface area (Å²) in [5, 5.41) is 12.2. The zero-order valence-corrected chi connectivity index (χ0v) is 11.3. The first-order valence-electron chi connectivity index (χ1n) is 5.64. The van der Waals surface area contributed by atoms with E-state index in [0.29, 0.717) is 0 Å². The van der Waals surface area contributed by atoms with Crippen molar-refractivity contribution in [1.29, 1.82) is 0 Å². The molecule has 0 bridgehead atoms. The number of hydrogen-bond donors (Lipinski definition) is 1. The molecular formula is C11H9F9OS. The lowest BCUT2D eigenvalue weighted by molar-refractivity contribution is -0.397. The normalized spacial score (nSPS) is 15.9. The molecule has 1 aromatic rings. The molecule has 1 N–H and O–H groups in total. The van der Waals surface area contributed by atoms with Gasteiger partial charge in [-0.3, -0.25) is 0 Å². The summed E-state index contributed by atoms with van der Waals surface area (Å²) in [6, 6.07) is 1.27. The van der Waals surface area contributed by atoms with Gasteiger partial charge in [0.05, 0.1) is 6.10 Å². The van der Waals surface area contributed by atoms with Gasteiger partial charge in [0.25, 0.3) is 0 Å². The monoisotopic (exact) mass is 360 g/mol. The number of alkyl halides is 9. The third-order valence-electron chi connectivity index (χ3n) is 2.87. The molecule has 22 heavy (non-hydrogen) atoms. The van der Waals surface area contributed by atoms with E-state index in [4.69, 9.17) is 0 Å². The van der Waals surface area contributed by atoms with E-state index in [2.05, 4.69) is 0 Å². The smallest absolute Gasteiger partial charge is 0.388 e. The van der Waals surface area contributed by atoms with E-state index < -0.39 is 42.9 Å². The molecule has 1 nitrogen and oxygen atoms in total. The van der Waals surface area contributed by atoms with E-state index >= 15 is 0 Å². The lowest BCUT2D eigenvalue weighted by Crippen LogP contribution is -2.60. The van der Waals surface area contributed by atoms with Gasteiger partial charge in [0.1, 0.15) is 0 Å². The van der Waals surface area contributed by atoms with Gasteiger partial charge in [-0.05, 0) is 28.8 Å². The van der Waals surface area contributed by atoms with Crippen LogP contribution >= 0.6 is 11.3 Å². The highest BCUT2D eigenvalue weighted by molar-refractivity contribution is 7.07. The Labute approximate surface area is 122 Å². The maximum Gasteiger partial charge on any atom is 0.460 e. The van der Waals surface area contributed by atoms with Gasteiger partial charge in [0.2, 0.25) is 0 Å². The van der Waals surface area contributed by atoms with Crippen molar-refractivity contribution in [3.63, 3.8) is 0 Å². The van der Waals surface area contributed by atoms with Gasteiger partial charge in [-0.2, -0.15) is 50.9 Å². The zero-order chi connectivity index (χ0) is 17.4. The van der Waals surface area contributed by atoms with Gasteiger partial charge in [-0.25, -0.2) is 0 Å². The molecule has 0 aliphatic carbocycles. The van der Waals surface area contributed by atoms with Crippen LogP contribution in [0.15, 0.2) is 16.8 Å². The Hall–Kier alpha value is -0.970. The Morgan fingerprint density at radius 2 is 1.50 bits per heavy atom. The van der Waals surface area contributed by atoms with Gasteiger partial charge in [-0.1, -0.05) is 0 Å². The van der Waals surface area contributed by atoms with Crippen LogP contribution in [0.1, 0.15) is 24.5 Å². The number of halogens is 9. The van der Waals surface area contributed by atoms with Crippen molar-refractivity contribution in [2.45, 2.75) is 42.9 Å². The lowest BCUT2D eigenvalue weighted by Gasteiger charge is -2.34. The Kier molecular flexibility index (Phi) is 5.13. The molecule has 1 unspecified atom stereocenters. The van der Waals surface area contributed by atoms with Gasteiger partial charge in [0, 0.05) is 6.42 Å². The minimum atomic E-state index is -6.89. The third kappa shape index (κ3) is 3.34. The Bertz CT molecular complexity index is 480. The molecule has 1 aromatic heterocycles. The van der Waals surface area contributed by atoms with Crippen LogP contribution in [0.4, 0.5) is 39.5 Å². The van der Waals surface area contributed by atoms with Crippen LogP contribution in [0.2, 0.25) is 0 Å². The number of hydrogen-bond acceptors (Lipinski definition) is 2. The van der Waals surface area contributed by atoms with Crippen LogP contribution < -0.4 is 0 Å². The van der Waals surface area contributed by atoms with E-state index in [9.17, 15) is 44.6 Å². The average Bonchev–Trinajstić information content (AvgIpc) is 2.88. The molecule has 0 saturated heterocycles. The molecule has 128 valence electrons. The molecule has 0 aromatic carbocycles. The van der Waals surface area contributed by atoms with E-state index in [0.717, 1.165) is 11.3 Å². The molecule has 0 fully saturated rings. The van der Waals surface area contributed by atoms with Crippen LogP contribution in [0, 0.1) is 0 Å². The first kappa shape index (κ1) is 19.1. The first-order chi connectivity index (χ1) is 9.74. The fraction of sp³-hybridized carbons (Fsp3) is 0.636. The van der Waals surface area contributed by atoms with Crippen LogP contribution in [0.25, 0.3) is 0 Å². The average molecular weight is 360 g/mol. The lowest BCUT2D eigenvalue weighted by atomic mass is 9.97. The maximum absolute atomic E-state index is 13.2. The second kappa shape index (κ2) is 5.91. The molecule has 1 heterocycles. The summed E-state index contributed by atoms with van der Waals surface area (Å²) in [5.41, 5.74) is 0.0756. The SMILES string of the molecule is OC(CCC(F)(F)C(F)(F)C(F)(F)C(F)(F)F)c1ccsc1. The van der Waals surface area contributed by atoms with Crippen molar-refractivity contribution in [3.8, 4) is 0 Å². The standard InChI is InChI=1S/C11H9F9OS/c12-8(13,3-1-7(21)6-2-4-22-5-6)9(14,15)10(16,17)11(18,19)20/h2,4-5,7,21H,1,3H2. The topological polar surface area (TPSA) is 20.2 Å². The highest BCUT2D eigenvalue weighted by Gasteiger charge is 2.81. The fourth-order valence-electron chi connectivity index (χ4n) is 1.51. The highest BCUT2D eigenvalue weighted by Crippen LogP contribution is 2.54. The van der Waals surface area contributed by atoms with Crippen LogP contribution in [0.5, 0.6) is 0 Å². The third-order valence-corrected chi connectivity index (χ3v) is 3.57. The van der Waals surface area contributed by atoms with E-state index in [1.807, 2.05) is 0 Å². The summed E-state index contributed by atoms with van der Waals surface area (Å²) in [7, 11) is 0. The summed E-state index contributed by atoms with van der Waals surface area (Å²) in [6.07, 6.45) is -11.6. The molecule has 0 saturated carbocycles. The highest BCUT2D eigenvalue weighted by atomic mass is 32.1. The minimum Gasteiger partial charge on any atom is -0.388 e. The Morgan fingerprint density at radius 1 is 0.955 bits per heavy atom. The van der Waals surface area contributed by atoms with Crippen molar-refractivity contribution < 1.29 is 44.6 Å². The molecule has 0 aliphatic rings. The first-order valence-corrected chi connectivity index (χ1v) is 6.58. The van der Waals surface area contributed by atoms with Crippen molar-refractivity contribution in [2.24, 2.45) is 0 Å². The van der Waals surface area contributed by atoms with Crippen molar-refractivity contribution >= 4 is 11.3 Å².